The largest absolute Gasteiger partial charge is 0.445 e. The monoisotopic (exact) mass is 333 g/mol. The highest BCUT2D eigenvalue weighted by Crippen LogP contribution is 2.17. The average Bonchev–Trinajstić information content (AvgIpc) is 2.60. The number of rotatable bonds is 7. The van der Waals surface area contributed by atoms with Crippen molar-refractivity contribution in [3.05, 3.63) is 35.9 Å². The SMILES string of the molecule is CN(C)CCCN(C)C1CCN(C(=O)OCc2ccccc2)CC1. The summed E-state index contributed by atoms with van der Waals surface area (Å²) in [5.74, 6) is 0. The highest BCUT2D eigenvalue weighted by molar-refractivity contribution is 5.67. The molecule has 1 aliphatic rings. The van der Waals surface area contributed by atoms with Gasteiger partial charge in [0.25, 0.3) is 0 Å². The molecular weight excluding hydrogens is 302 g/mol. The molecule has 134 valence electrons. The minimum absolute atomic E-state index is 0.187. The Balaban J connectivity index is 1.67. The van der Waals surface area contributed by atoms with Crippen LogP contribution in [0.2, 0.25) is 0 Å². The first kappa shape index (κ1) is 18.7. The molecular formula is C19H31N3O2. The molecule has 0 aromatic heterocycles. The molecule has 1 amide bonds. The normalized spacial score (nSPS) is 16.0. The van der Waals surface area contributed by atoms with E-state index in [1.165, 1.54) is 6.42 Å². The van der Waals surface area contributed by atoms with Crippen LogP contribution in [0.3, 0.4) is 0 Å². The molecule has 5 nitrogen and oxygen atoms in total. The van der Waals surface area contributed by atoms with E-state index in [0.29, 0.717) is 12.6 Å². The molecule has 1 aromatic rings. The Morgan fingerprint density at radius 3 is 2.42 bits per heavy atom. The lowest BCUT2D eigenvalue weighted by molar-refractivity contribution is 0.0725. The molecule has 1 fully saturated rings. The number of hydrogen-bond acceptors (Lipinski definition) is 4. The molecule has 5 heteroatoms. The Hall–Kier alpha value is -1.59. The molecule has 0 saturated carbocycles. The van der Waals surface area contributed by atoms with Gasteiger partial charge in [-0.3, -0.25) is 0 Å². The molecule has 24 heavy (non-hydrogen) atoms. The number of carbonyl (C=O) groups is 1. The first-order valence-corrected chi connectivity index (χ1v) is 8.87. The average molecular weight is 333 g/mol. The number of carbonyl (C=O) groups excluding carboxylic acids is 1. The summed E-state index contributed by atoms with van der Waals surface area (Å²) in [5.41, 5.74) is 1.03. The number of hydrogen-bond donors (Lipinski definition) is 0. The summed E-state index contributed by atoms with van der Waals surface area (Å²) in [5, 5.41) is 0. The molecule has 1 saturated heterocycles. The lowest BCUT2D eigenvalue weighted by atomic mass is 10.0. The van der Waals surface area contributed by atoms with Crippen molar-refractivity contribution in [2.24, 2.45) is 0 Å². The maximum absolute atomic E-state index is 12.2. The smallest absolute Gasteiger partial charge is 0.410 e. The van der Waals surface area contributed by atoms with Gasteiger partial charge in [0.05, 0.1) is 0 Å². The highest BCUT2D eigenvalue weighted by atomic mass is 16.6. The van der Waals surface area contributed by atoms with Crippen molar-refractivity contribution in [1.82, 2.24) is 14.7 Å². The lowest BCUT2D eigenvalue weighted by Gasteiger charge is -2.36. The molecule has 0 radical (unpaired) electrons. The van der Waals surface area contributed by atoms with Gasteiger partial charge in [-0.25, -0.2) is 4.79 Å². The van der Waals surface area contributed by atoms with Gasteiger partial charge in [-0.2, -0.15) is 0 Å². The van der Waals surface area contributed by atoms with Gasteiger partial charge in [-0.1, -0.05) is 30.3 Å². The third-order valence-corrected chi connectivity index (χ3v) is 4.67. The number of likely N-dealkylation sites (tertiary alicyclic amines) is 1. The zero-order valence-electron chi connectivity index (χ0n) is 15.3. The van der Waals surface area contributed by atoms with E-state index in [1.54, 1.807) is 0 Å². The number of benzene rings is 1. The van der Waals surface area contributed by atoms with Crippen LogP contribution in [0.5, 0.6) is 0 Å². The molecule has 1 aliphatic heterocycles. The molecule has 0 aliphatic carbocycles. The Labute approximate surface area is 146 Å². The van der Waals surface area contributed by atoms with Gasteiger partial charge in [0.15, 0.2) is 0 Å². The van der Waals surface area contributed by atoms with Gasteiger partial charge in [0, 0.05) is 19.1 Å². The lowest BCUT2D eigenvalue weighted by Crippen LogP contribution is -2.46. The highest BCUT2D eigenvalue weighted by Gasteiger charge is 2.25. The van der Waals surface area contributed by atoms with Crippen molar-refractivity contribution in [2.75, 3.05) is 47.3 Å². The zero-order chi connectivity index (χ0) is 17.4. The van der Waals surface area contributed by atoms with E-state index in [2.05, 4.69) is 30.9 Å². The topological polar surface area (TPSA) is 36.0 Å². The van der Waals surface area contributed by atoms with Crippen molar-refractivity contribution in [2.45, 2.75) is 31.9 Å². The summed E-state index contributed by atoms with van der Waals surface area (Å²) in [6.07, 6.45) is 3.05. The van der Waals surface area contributed by atoms with Crippen LogP contribution in [0, 0.1) is 0 Å². The minimum Gasteiger partial charge on any atom is -0.445 e. The standard InChI is InChI=1S/C19H31N3O2/c1-20(2)12-7-13-21(3)18-10-14-22(15-11-18)19(23)24-16-17-8-5-4-6-9-17/h4-6,8-9,18H,7,10-16H2,1-3H3. The molecule has 0 spiro atoms. The molecule has 0 N–H and O–H groups in total. The quantitative estimate of drug-likeness (QED) is 0.769. The van der Waals surface area contributed by atoms with E-state index in [4.69, 9.17) is 4.74 Å². The van der Waals surface area contributed by atoms with Crippen LogP contribution < -0.4 is 0 Å². The van der Waals surface area contributed by atoms with Crippen molar-refractivity contribution in [3.8, 4) is 0 Å². The Morgan fingerprint density at radius 1 is 1.12 bits per heavy atom. The Morgan fingerprint density at radius 2 is 1.79 bits per heavy atom. The van der Waals surface area contributed by atoms with Crippen LogP contribution in [0.15, 0.2) is 30.3 Å². The van der Waals surface area contributed by atoms with E-state index in [9.17, 15) is 4.79 Å². The summed E-state index contributed by atoms with van der Waals surface area (Å²) < 4.78 is 5.42. The summed E-state index contributed by atoms with van der Waals surface area (Å²) >= 11 is 0. The van der Waals surface area contributed by atoms with Crippen LogP contribution in [-0.4, -0.2) is 74.2 Å². The van der Waals surface area contributed by atoms with Crippen LogP contribution >= 0.6 is 0 Å². The molecule has 1 aromatic carbocycles. The van der Waals surface area contributed by atoms with E-state index in [0.717, 1.165) is 44.6 Å². The third kappa shape index (κ3) is 6.13. The molecule has 0 unspecified atom stereocenters. The summed E-state index contributed by atoms with van der Waals surface area (Å²) in [7, 11) is 6.42. The number of amides is 1. The van der Waals surface area contributed by atoms with E-state index < -0.39 is 0 Å². The predicted octanol–water partition coefficient (Wildman–Crippen LogP) is 2.67. The van der Waals surface area contributed by atoms with Gasteiger partial charge in [-0.05, 0) is 59.1 Å². The Bertz CT molecular complexity index is 485. The van der Waals surface area contributed by atoms with Gasteiger partial charge < -0.3 is 19.4 Å². The molecule has 0 bridgehead atoms. The van der Waals surface area contributed by atoms with Crippen LogP contribution in [0.1, 0.15) is 24.8 Å². The van der Waals surface area contributed by atoms with E-state index in [-0.39, 0.29) is 6.09 Å². The minimum atomic E-state index is -0.187. The van der Waals surface area contributed by atoms with E-state index in [1.807, 2.05) is 35.2 Å². The maximum atomic E-state index is 12.2. The third-order valence-electron chi connectivity index (χ3n) is 4.67. The summed E-state index contributed by atoms with van der Waals surface area (Å²) in [6, 6.07) is 10.4. The Kier molecular flexibility index (Phi) is 7.53. The summed E-state index contributed by atoms with van der Waals surface area (Å²) in [4.78, 5) is 18.7. The second kappa shape index (κ2) is 9.64. The van der Waals surface area contributed by atoms with Crippen LogP contribution in [0.25, 0.3) is 0 Å². The summed E-state index contributed by atoms with van der Waals surface area (Å²) in [6.45, 7) is 4.16. The first-order chi connectivity index (χ1) is 11.6. The second-order valence-electron chi connectivity index (χ2n) is 6.90. The van der Waals surface area contributed by atoms with Gasteiger partial charge in [0.2, 0.25) is 0 Å². The molecule has 2 rings (SSSR count). The first-order valence-electron chi connectivity index (χ1n) is 8.87. The van der Waals surface area contributed by atoms with E-state index >= 15 is 0 Å². The number of piperidine rings is 1. The van der Waals surface area contributed by atoms with Gasteiger partial charge in [-0.15, -0.1) is 0 Å². The van der Waals surface area contributed by atoms with Gasteiger partial charge in [0.1, 0.15) is 6.61 Å². The fourth-order valence-corrected chi connectivity index (χ4v) is 3.12. The second-order valence-corrected chi connectivity index (χ2v) is 6.90. The maximum Gasteiger partial charge on any atom is 0.410 e. The van der Waals surface area contributed by atoms with Crippen LogP contribution in [0.4, 0.5) is 4.79 Å². The fourth-order valence-electron chi connectivity index (χ4n) is 3.12. The zero-order valence-corrected chi connectivity index (χ0v) is 15.3. The van der Waals surface area contributed by atoms with Gasteiger partial charge >= 0.3 is 6.09 Å². The number of nitrogens with zero attached hydrogens (tertiary/aromatic N) is 3. The fraction of sp³-hybridized carbons (Fsp3) is 0.632. The van der Waals surface area contributed by atoms with Crippen LogP contribution in [-0.2, 0) is 11.3 Å². The molecule has 0 atom stereocenters. The number of ether oxygens (including phenoxy) is 1. The molecule has 1 heterocycles. The van der Waals surface area contributed by atoms with Crippen molar-refractivity contribution < 1.29 is 9.53 Å². The predicted molar refractivity (Wildman–Crippen MR) is 97.0 cm³/mol. The van der Waals surface area contributed by atoms with Crippen molar-refractivity contribution >= 4 is 6.09 Å². The van der Waals surface area contributed by atoms with Crippen molar-refractivity contribution in [3.63, 3.8) is 0 Å². The van der Waals surface area contributed by atoms with Crippen molar-refractivity contribution in [1.29, 1.82) is 0 Å².